The Morgan fingerprint density at radius 3 is 2.67 bits per heavy atom. The maximum absolute atomic E-state index is 12.5. The summed E-state index contributed by atoms with van der Waals surface area (Å²) in [6.07, 6.45) is 0. The quantitative estimate of drug-likeness (QED) is 0.609. The van der Waals surface area contributed by atoms with Crippen molar-refractivity contribution in [1.82, 2.24) is 4.98 Å². The number of anilines is 1. The highest BCUT2D eigenvalue weighted by molar-refractivity contribution is 7.18. The van der Waals surface area contributed by atoms with Crippen molar-refractivity contribution in [2.75, 3.05) is 11.9 Å². The van der Waals surface area contributed by atoms with Crippen molar-refractivity contribution in [3.05, 3.63) is 64.0 Å². The van der Waals surface area contributed by atoms with E-state index in [1.807, 2.05) is 30.3 Å². The Morgan fingerprint density at radius 1 is 1.22 bits per heavy atom. The third-order valence-corrected chi connectivity index (χ3v) is 4.74. The topological polar surface area (TPSA) is 88.5 Å². The molecular weight excluding hydrogens is 388 g/mol. The van der Waals surface area contributed by atoms with Gasteiger partial charge < -0.3 is 9.84 Å². The van der Waals surface area contributed by atoms with Crippen LogP contribution in [-0.4, -0.2) is 28.6 Å². The van der Waals surface area contributed by atoms with Crippen molar-refractivity contribution in [2.45, 2.75) is 6.92 Å². The zero-order valence-electron chi connectivity index (χ0n) is 14.2. The lowest BCUT2D eigenvalue weighted by Gasteiger charge is -2.04. The van der Waals surface area contributed by atoms with Crippen LogP contribution in [0.5, 0.6) is 5.75 Å². The third kappa shape index (κ3) is 4.27. The van der Waals surface area contributed by atoms with E-state index in [0.717, 1.165) is 16.9 Å². The van der Waals surface area contributed by atoms with E-state index in [1.54, 1.807) is 6.92 Å². The minimum Gasteiger partial charge on any atom is -0.507 e. The van der Waals surface area contributed by atoms with Gasteiger partial charge in [0.1, 0.15) is 10.6 Å². The maximum atomic E-state index is 12.5. The first-order valence-electron chi connectivity index (χ1n) is 8.02. The second-order valence-corrected chi connectivity index (χ2v) is 6.83. The number of amides is 1. The molecule has 1 aromatic heterocycles. The second-order valence-electron chi connectivity index (χ2n) is 5.40. The minimum atomic E-state index is -0.584. The van der Waals surface area contributed by atoms with Crippen LogP contribution in [0.15, 0.2) is 48.5 Å². The molecule has 1 heterocycles. The number of rotatable bonds is 5. The maximum Gasteiger partial charge on any atom is 0.350 e. The van der Waals surface area contributed by atoms with Gasteiger partial charge in [-0.3, -0.25) is 10.1 Å². The number of nitrogens with zero attached hydrogens (tertiary/aromatic N) is 1. The summed E-state index contributed by atoms with van der Waals surface area (Å²) in [7, 11) is 0. The molecule has 0 aliphatic rings. The van der Waals surface area contributed by atoms with Crippen LogP contribution >= 0.6 is 22.9 Å². The van der Waals surface area contributed by atoms with Gasteiger partial charge in [0.25, 0.3) is 5.91 Å². The molecule has 3 rings (SSSR count). The Bertz CT molecular complexity index is 989. The molecule has 0 bridgehead atoms. The first kappa shape index (κ1) is 18.9. The molecule has 0 saturated heterocycles. The van der Waals surface area contributed by atoms with Crippen molar-refractivity contribution in [1.29, 1.82) is 0 Å². The van der Waals surface area contributed by atoms with Crippen LogP contribution in [0.25, 0.3) is 11.3 Å². The number of carbonyl (C=O) groups excluding carboxylic acids is 2. The van der Waals surface area contributed by atoms with Gasteiger partial charge in [0.2, 0.25) is 0 Å². The van der Waals surface area contributed by atoms with E-state index in [2.05, 4.69) is 10.3 Å². The molecule has 0 saturated carbocycles. The van der Waals surface area contributed by atoms with Crippen LogP contribution in [0.3, 0.4) is 0 Å². The molecule has 0 spiro atoms. The normalized spacial score (nSPS) is 10.4. The number of halogens is 1. The fourth-order valence-electron chi connectivity index (χ4n) is 2.35. The molecule has 0 atom stereocenters. The average Bonchev–Trinajstić information content (AvgIpc) is 3.08. The summed E-state index contributed by atoms with van der Waals surface area (Å²) in [5.74, 6) is -1.30. The van der Waals surface area contributed by atoms with E-state index in [9.17, 15) is 14.7 Å². The summed E-state index contributed by atoms with van der Waals surface area (Å²) in [6.45, 7) is 1.94. The lowest BCUT2D eigenvalue weighted by atomic mass is 10.1. The molecule has 2 aromatic carbocycles. The SMILES string of the molecule is CCOC(=O)c1sc(NC(=O)c2cc(Cl)ccc2O)nc1-c1ccccc1. The van der Waals surface area contributed by atoms with Gasteiger partial charge in [-0.2, -0.15) is 0 Å². The Balaban J connectivity index is 1.95. The molecule has 8 heteroatoms. The van der Waals surface area contributed by atoms with E-state index in [-0.39, 0.29) is 27.9 Å². The first-order valence-corrected chi connectivity index (χ1v) is 9.22. The van der Waals surface area contributed by atoms with Gasteiger partial charge >= 0.3 is 5.97 Å². The van der Waals surface area contributed by atoms with Gasteiger partial charge in [0, 0.05) is 10.6 Å². The van der Waals surface area contributed by atoms with E-state index in [1.165, 1.54) is 18.2 Å². The molecule has 0 aliphatic carbocycles. The zero-order chi connectivity index (χ0) is 19.4. The third-order valence-electron chi connectivity index (χ3n) is 3.56. The average molecular weight is 403 g/mol. The van der Waals surface area contributed by atoms with Gasteiger partial charge in [-0.1, -0.05) is 53.3 Å². The molecule has 0 unspecified atom stereocenters. The number of hydrogen-bond donors (Lipinski definition) is 2. The van der Waals surface area contributed by atoms with Crippen LogP contribution < -0.4 is 5.32 Å². The summed E-state index contributed by atoms with van der Waals surface area (Å²) in [5.41, 5.74) is 1.16. The summed E-state index contributed by atoms with van der Waals surface area (Å²) >= 11 is 6.89. The van der Waals surface area contributed by atoms with Gasteiger partial charge in [0.15, 0.2) is 5.13 Å². The molecule has 27 heavy (non-hydrogen) atoms. The summed E-state index contributed by atoms with van der Waals surface area (Å²) in [5, 5.41) is 13.0. The predicted octanol–water partition coefficient (Wildman–Crippen LogP) is 4.60. The van der Waals surface area contributed by atoms with E-state index < -0.39 is 11.9 Å². The molecule has 0 aliphatic heterocycles. The Labute approximate surface area is 164 Å². The standard InChI is InChI=1S/C19H15ClN2O4S/c1-2-26-18(25)16-15(11-6-4-3-5-7-11)21-19(27-16)22-17(24)13-10-12(20)8-9-14(13)23/h3-10,23H,2H2,1H3,(H,21,22,24). The fourth-order valence-corrected chi connectivity index (χ4v) is 3.40. The number of ether oxygens (including phenoxy) is 1. The summed E-state index contributed by atoms with van der Waals surface area (Å²) in [4.78, 5) is 29.4. The largest absolute Gasteiger partial charge is 0.507 e. The molecule has 2 N–H and O–H groups in total. The van der Waals surface area contributed by atoms with Crippen molar-refractivity contribution < 1.29 is 19.4 Å². The Morgan fingerprint density at radius 2 is 1.96 bits per heavy atom. The molecule has 3 aromatic rings. The lowest BCUT2D eigenvalue weighted by Crippen LogP contribution is -2.11. The van der Waals surface area contributed by atoms with E-state index in [4.69, 9.17) is 16.3 Å². The zero-order valence-corrected chi connectivity index (χ0v) is 15.8. The predicted molar refractivity (Wildman–Crippen MR) is 105 cm³/mol. The van der Waals surface area contributed by atoms with E-state index >= 15 is 0 Å². The van der Waals surface area contributed by atoms with Gasteiger partial charge in [-0.25, -0.2) is 9.78 Å². The summed E-state index contributed by atoms with van der Waals surface area (Å²) in [6, 6.07) is 13.3. The molecule has 1 amide bonds. The van der Waals surface area contributed by atoms with Crippen molar-refractivity contribution in [3.63, 3.8) is 0 Å². The number of aromatic hydroxyl groups is 1. The van der Waals surface area contributed by atoms with Crippen LogP contribution in [0.4, 0.5) is 5.13 Å². The highest BCUT2D eigenvalue weighted by atomic mass is 35.5. The van der Waals surface area contributed by atoms with Crippen LogP contribution in [-0.2, 0) is 4.74 Å². The number of nitrogens with one attached hydrogen (secondary N) is 1. The van der Waals surface area contributed by atoms with Crippen molar-refractivity contribution in [3.8, 4) is 17.0 Å². The van der Waals surface area contributed by atoms with Crippen molar-refractivity contribution >= 4 is 39.9 Å². The number of phenolic OH excluding ortho intramolecular Hbond substituents is 1. The monoisotopic (exact) mass is 402 g/mol. The molecule has 0 radical (unpaired) electrons. The van der Waals surface area contributed by atoms with E-state index in [0.29, 0.717) is 10.7 Å². The van der Waals surface area contributed by atoms with Gasteiger partial charge in [-0.15, -0.1) is 0 Å². The fraction of sp³-hybridized carbons (Fsp3) is 0.105. The lowest BCUT2D eigenvalue weighted by molar-refractivity contribution is 0.0532. The Hall–Kier alpha value is -2.90. The van der Waals surface area contributed by atoms with Crippen LogP contribution in [0, 0.1) is 0 Å². The number of esters is 1. The van der Waals surface area contributed by atoms with Gasteiger partial charge in [-0.05, 0) is 25.1 Å². The van der Waals surface area contributed by atoms with Crippen LogP contribution in [0.1, 0.15) is 27.0 Å². The smallest absolute Gasteiger partial charge is 0.350 e. The Kier molecular flexibility index (Phi) is 5.73. The van der Waals surface area contributed by atoms with Crippen molar-refractivity contribution in [2.24, 2.45) is 0 Å². The van der Waals surface area contributed by atoms with Crippen LogP contribution in [0.2, 0.25) is 5.02 Å². The first-order chi connectivity index (χ1) is 13.0. The number of carbonyl (C=O) groups is 2. The molecule has 6 nitrogen and oxygen atoms in total. The number of hydrogen-bond acceptors (Lipinski definition) is 6. The van der Waals surface area contributed by atoms with Gasteiger partial charge in [0.05, 0.1) is 17.9 Å². The molecule has 138 valence electrons. The number of aromatic nitrogens is 1. The second kappa shape index (κ2) is 8.20. The number of thiazole rings is 1. The number of phenols is 1. The molecular formula is C19H15ClN2O4S. The number of benzene rings is 2. The molecule has 0 fully saturated rings. The summed E-state index contributed by atoms with van der Waals surface area (Å²) < 4.78 is 5.09. The highest BCUT2D eigenvalue weighted by Crippen LogP contribution is 2.32. The minimum absolute atomic E-state index is 0.0108. The highest BCUT2D eigenvalue weighted by Gasteiger charge is 2.22.